The lowest BCUT2D eigenvalue weighted by molar-refractivity contribution is -0.133. The molecule has 2 bridgehead atoms. The number of nitrogens with zero attached hydrogens (tertiary/aromatic N) is 1. The average Bonchev–Trinajstić information content (AvgIpc) is 2.84. The molecule has 1 aromatic carbocycles. The molecule has 2 heterocycles. The summed E-state index contributed by atoms with van der Waals surface area (Å²) in [5.74, 6) is 0.205. The molecule has 0 saturated carbocycles. The largest absolute Gasteiger partial charge is 0.342 e. The number of carbonyl (C=O) groups is 1. The lowest BCUT2D eigenvalue weighted by Crippen LogP contribution is -2.49. The summed E-state index contributed by atoms with van der Waals surface area (Å²) < 4.78 is 0. The van der Waals surface area contributed by atoms with Gasteiger partial charge in [-0.25, -0.2) is 0 Å². The topological polar surface area (TPSA) is 32.3 Å². The minimum atomic E-state index is -0.0475. The van der Waals surface area contributed by atoms with E-state index in [4.69, 9.17) is 0 Å². The van der Waals surface area contributed by atoms with E-state index in [1.807, 2.05) is 49.2 Å². The summed E-state index contributed by atoms with van der Waals surface area (Å²) in [6.07, 6.45) is 4.77. The summed E-state index contributed by atoms with van der Waals surface area (Å²) in [7, 11) is 1.98. The van der Waals surface area contributed by atoms with Crippen molar-refractivity contribution in [3.05, 3.63) is 35.9 Å². The quantitative estimate of drug-likeness (QED) is 0.917. The molecule has 3 unspecified atom stereocenters. The molecule has 2 fully saturated rings. The van der Waals surface area contributed by atoms with Gasteiger partial charge in [-0.1, -0.05) is 30.3 Å². The van der Waals surface area contributed by atoms with E-state index in [0.717, 1.165) is 18.4 Å². The highest BCUT2D eigenvalue weighted by atomic mass is 16.2. The van der Waals surface area contributed by atoms with Gasteiger partial charge in [0.1, 0.15) is 0 Å². The maximum atomic E-state index is 12.7. The van der Waals surface area contributed by atoms with Gasteiger partial charge in [-0.2, -0.15) is 0 Å². The lowest BCUT2D eigenvalue weighted by atomic mass is 9.95. The fraction of sp³-hybridized carbons (Fsp3) is 0.588. The van der Waals surface area contributed by atoms with E-state index in [1.54, 1.807) is 0 Å². The monoisotopic (exact) mass is 272 g/mol. The third kappa shape index (κ3) is 2.59. The highest BCUT2D eigenvalue weighted by molar-refractivity contribution is 5.83. The molecular formula is C17H24N2O. The molecule has 108 valence electrons. The van der Waals surface area contributed by atoms with Gasteiger partial charge in [0.05, 0.1) is 5.92 Å². The molecule has 0 aliphatic carbocycles. The van der Waals surface area contributed by atoms with Gasteiger partial charge in [0.25, 0.3) is 0 Å². The van der Waals surface area contributed by atoms with Crippen LogP contribution >= 0.6 is 0 Å². The second-order valence-corrected chi connectivity index (χ2v) is 6.34. The number of fused-ring (bicyclic) bond motifs is 2. The Morgan fingerprint density at radius 2 is 1.80 bits per heavy atom. The normalized spacial score (nSPS) is 30.0. The Morgan fingerprint density at radius 3 is 2.40 bits per heavy atom. The minimum Gasteiger partial charge on any atom is -0.342 e. The number of rotatable bonds is 3. The van der Waals surface area contributed by atoms with Crippen molar-refractivity contribution in [3.8, 4) is 0 Å². The van der Waals surface area contributed by atoms with Crippen molar-refractivity contribution in [1.82, 2.24) is 10.2 Å². The summed E-state index contributed by atoms with van der Waals surface area (Å²) in [5, 5.41) is 3.64. The first-order valence-electron chi connectivity index (χ1n) is 7.73. The Morgan fingerprint density at radius 1 is 1.20 bits per heavy atom. The van der Waals surface area contributed by atoms with Crippen LogP contribution in [0.1, 0.15) is 44.1 Å². The standard InChI is InChI=1S/C17H24N2O/c1-12(13-6-4-3-5-7-13)17(20)19(2)16-10-14-8-9-15(11-16)18-14/h3-7,12,14-16,18H,8-11H2,1-2H3. The molecule has 20 heavy (non-hydrogen) atoms. The van der Waals surface area contributed by atoms with Crippen molar-refractivity contribution < 1.29 is 4.79 Å². The third-order valence-corrected chi connectivity index (χ3v) is 5.01. The van der Waals surface area contributed by atoms with Crippen LogP contribution in [0.15, 0.2) is 30.3 Å². The molecule has 0 aromatic heterocycles. The molecular weight excluding hydrogens is 248 g/mol. The Bertz CT molecular complexity index is 461. The van der Waals surface area contributed by atoms with Crippen LogP contribution in [0.4, 0.5) is 0 Å². The maximum absolute atomic E-state index is 12.7. The van der Waals surface area contributed by atoms with Crippen LogP contribution in [0.5, 0.6) is 0 Å². The molecule has 0 spiro atoms. The van der Waals surface area contributed by atoms with Crippen LogP contribution in [-0.2, 0) is 4.79 Å². The van der Waals surface area contributed by atoms with Gasteiger partial charge in [-0.3, -0.25) is 4.79 Å². The molecule has 1 amide bonds. The summed E-state index contributed by atoms with van der Waals surface area (Å²) in [6.45, 7) is 2.02. The molecule has 1 aromatic rings. The molecule has 2 aliphatic heterocycles. The second-order valence-electron chi connectivity index (χ2n) is 6.34. The highest BCUT2D eigenvalue weighted by Gasteiger charge is 2.37. The highest BCUT2D eigenvalue weighted by Crippen LogP contribution is 2.30. The van der Waals surface area contributed by atoms with Crippen LogP contribution in [0.3, 0.4) is 0 Å². The number of nitrogens with one attached hydrogen (secondary N) is 1. The number of likely N-dealkylation sites (N-methyl/N-ethyl adjacent to an activating group) is 1. The second kappa shape index (κ2) is 5.57. The molecule has 0 radical (unpaired) electrons. The predicted molar refractivity (Wildman–Crippen MR) is 80.6 cm³/mol. The zero-order chi connectivity index (χ0) is 14.1. The Labute approximate surface area is 121 Å². The number of hydrogen-bond acceptors (Lipinski definition) is 2. The number of benzene rings is 1. The summed E-state index contributed by atoms with van der Waals surface area (Å²) in [4.78, 5) is 14.7. The van der Waals surface area contributed by atoms with Crippen molar-refractivity contribution in [2.75, 3.05) is 7.05 Å². The van der Waals surface area contributed by atoms with Crippen LogP contribution in [0.25, 0.3) is 0 Å². The van der Waals surface area contributed by atoms with Crippen LogP contribution in [0, 0.1) is 0 Å². The van der Waals surface area contributed by atoms with Gasteiger partial charge in [0, 0.05) is 25.2 Å². The van der Waals surface area contributed by atoms with Crippen molar-refractivity contribution >= 4 is 5.91 Å². The number of hydrogen-bond donors (Lipinski definition) is 1. The number of piperidine rings is 1. The van der Waals surface area contributed by atoms with E-state index in [0.29, 0.717) is 18.1 Å². The van der Waals surface area contributed by atoms with E-state index in [9.17, 15) is 4.79 Å². The van der Waals surface area contributed by atoms with Crippen molar-refractivity contribution in [2.24, 2.45) is 0 Å². The zero-order valence-electron chi connectivity index (χ0n) is 12.4. The number of amides is 1. The van der Waals surface area contributed by atoms with Crippen molar-refractivity contribution in [2.45, 2.75) is 56.7 Å². The Balaban J connectivity index is 1.67. The molecule has 3 atom stereocenters. The lowest BCUT2D eigenvalue weighted by Gasteiger charge is -2.36. The van der Waals surface area contributed by atoms with Crippen LogP contribution in [-0.4, -0.2) is 36.0 Å². The predicted octanol–water partition coefficient (Wildman–Crippen LogP) is 2.53. The fourth-order valence-corrected chi connectivity index (χ4v) is 3.71. The smallest absolute Gasteiger partial charge is 0.229 e. The first kappa shape index (κ1) is 13.6. The maximum Gasteiger partial charge on any atom is 0.229 e. The Kier molecular flexibility index (Phi) is 3.79. The van der Waals surface area contributed by atoms with Gasteiger partial charge in [0.15, 0.2) is 0 Å². The van der Waals surface area contributed by atoms with E-state index in [2.05, 4.69) is 5.32 Å². The SMILES string of the molecule is CC(C(=O)N(C)C1CC2CCC(C1)N2)c1ccccc1. The zero-order valence-corrected chi connectivity index (χ0v) is 12.4. The summed E-state index contributed by atoms with van der Waals surface area (Å²) in [5.41, 5.74) is 1.11. The van der Waals surface area contributed by atoms with Crippen molar-refractivity contribution in [1.29, 1.82) is 0 Å². The van der Waals surface area contributed by atoms with Gasteiger partial charge < -0.3 is 10.2 Å². The minimum absolute atomic E-state index is 0.0475. The molecule has 1 N–H and O–H groups in total. The molecule has 3 nitrogen and oxygen atoms in total. The summed E-state index contributed by atoms with van der Waals surface area (Å²) >= 11 is 0. The fourth-order valence-electron chi connectivity index (χ4n) is 3.71. The molecule has 2 saturated heterocycles. The molecule has 3 heteroatoms. The third-order valence-electron chi connectivity index (χ3n) is 5.01. The molecule has 2 aliphatic rings. The molecule has 3 rings (SSSR count). The van der Waals surface area contributed by atoms with E-state index in [-0.39, 0.29) is 11.8 Å². The van der Waals surface area contributed by atoms with E-state index in [1.165, 1.54) is 12.8 Å². The first-order valence-corrected chi connectivity index (χ1v) is 7.73. The van der Waals surface area contributed by atoms with Gasteiger partial charge >= 0.3 is 0 Å². The van der Waals surface area contributed by atoms with Crippen molar-refractivity contribution in [3.63, 3.8) is 0 Å². The van der Waals surface area contributed by atoms with Crippen LogP contribution in [0.2, 0.25) is 0 Å². The van der Waals surface area contributed by atoms with Gasteiger partial charge in [-0.15, -0.1) is 0 Å². The average molecular weight is 272 g/mol. The first-order chi connectivity index (χ1) is 9.65. The van der Waals surface area contributed by atoms with Crippen LogP contribution < -0.4 is 5.32 Å². The Hall–Kier alpha value is -1.35. The van der Waals surface area contributed by atoms with Gasteiger partial charge in [-0.05, 0) is 38.2 Å². The number of carbonyl (C=O) groups excluding carboxylic acids is 1. The van der Waals surface area contributed by atoms with Gasteiger partial charge in [0.2, 0.25) is 5.91 Å². The summed E-state index contributed by atoms with van der Waals surface area (Å²) in [6, 6.07) is 11.8. The van der Waals surface area contributed by atoms with E-state index >= 15 is 0 Å². The van der Waals surface area contributed by atoms with E-state index < -0.39 is 0 Å².